The summed E-state index contributed by atoms with van der Waals surface area (Å²) in [5.41, 5.74) is -0.471. The van der Waals surface area contributed by atoms with E-state index in [0.717, 1.165) is 32.1 Å². The Morgan fingerprint density at radius 2 is 1.81 bits per heavy atom. The molecular weight excluding hydrogens is 266 g/mol. The van der Waals surface area contributed by atoms with Gasteiger partial charge in [0.05, 0.1) is 0 Å². The van der Waals surface area contributed by atoms with Gasteiger partial charge in [0.15, 0.2) is 0 Å². The highest BCUT2D eigenvalue weighted by atomic mass is 16.6. The Kier molecular flexibility index (Phi) is 4.74. The van der Waals surface area contributed by atoms with E-state index in [-0.39, 0.29) is 29.9 Å². The Morgan fingerprint density at radius 1 is 1.24 bits per heavy atom. The number of ether oxygens (including phenoxy) is 1. The van der Waals surface area contributed by atoms with Crippen molar-refractivity contribution in [3.05, 3.63) is 12.7 Å². The van der Waals surface area contributed by atoms with Crippen LogP contribution in [-0.2, 0) is 9.53 Å². The molecule has 118 valence electrons. The predicted octanol–water partition coefficient (Wildman–Crippen LogP) is 3.70. The SMILES string of the molecule is C=CCC(=O)C1CC2CCCC(C1)N2C(=O)OC(C)(C)C. The summed E-state index contributed by atoms with van der Waals surface area (Å²) in [6.45, 7) is 9.32. The summed E-state index contributed by atoms with van der Waals surface area (Å²) in [4.78, 5) is 26.5. The average Bonchev–Trinajstić information content (AvgIpc) is 2.35. The molecule has 2 rings (SSSR count). The number of amides is 1. The highest BCUT2D eigenvalue weighted by molar-refractivity contribution is 5.83. The van der Waals surface area contributed by atoms with E-state index < -0.39 is 5.60 Å². The van der Waals surface area contributed by atoms with Gasteiger partial charge in [-0.05, 0) is 52.9 Å². The molecule has 2 bridgehead atoms. The minimum Gasteiger partial charge on any atom is -0.444 e. The number of allylic oxidation sites excluding steroid dienone is 1. The predicted molar refractivity (Wildman–Crippen MR) is 82.0 cm³/mol. The number of Topliss-reactive ketones (excluding diaryl/α,β-unsaturated/α-hetero) is 1. The molecule has 2 unspecified atom stereocenters. The van der Waals surface area contributed by atoms with E-state index in [1.807, 2.05) is 25.7 Å². The number of piperidine rings is 2. The average molecular weight is 293 g/mol. The lowest BCUT2D eigenvalue weighted by atomic mass is 9.76. The summed E-state index contributed by atoms with van der Waals surface area (Å²) in [6, 6.07) is 0.317. The third-order valence-electron chi connectivity index (χ3n) is 4.38. The van der Waals surface area contributed by atoms with Crippen molar-refractivity contribution in [2.75, 3.05) is 0 Å². The van der Waals surface area contributed by atoms with Crippen LogP contribution >= 0.6 is 0 Å². The van der Waals surface area contributed by atoms with Gasteiger partial charge in [0.1, 0.15) is 11.4 Å². The topological polar surface area (TPSA) is 46.6 Å². The summed E-state index contributed by atoms with van der Waals surface area (Å²) in [7, 11) is 0. The van der Waals surface area contributed by atoms with Gasteiger partial charge in [-0.3, -0.25) is 4.79 Å². The third kappa shape index (κ3) is 3.86. The van der Waals surface area contributed by atoms with Gasteiger partial charge in [-0.1, -0.05) is 6.08 Å². The van der Waals surface area contributed by atoms with Crippen LogP contribution in [0.15, 0.2) is 12.7 Å². The summed E-state index contributed by atoms with van der Waals surface area (Å²) >= 11 is 0. The van der Waals surface area contributed by atoms with Crippen LogP contribution in [0.3, 0.4) is 0 Å². The van der Waals surface area contributed by atoms with Gasteiger partial charge in [0.2, 0.25) is 0 Å². The van der Waals surface area contributed by atoms with E-state index in [2.05, 4.69) is 6.58 Å². The maximum absolute atomic E-state index is 12.4. The lowest BCUT2D eigenvalue weighted by Gasteiger charge is -2.48. The van der Waals surface area contributed by atoms with Crippen molar-refractivity contribution >= 4 is 11.9 Å². The number of ketones is 1. The fourth-order valence-electron chi connectivity index (χ4n) is 3.57. The van der Waals surface area contributed by atoms with Gasteiger partial charge in [0, 0.05) is 24.4 Å². The number of carbonyl (C=O) groups is 2. The first kappa shape index (κ1) is 16.1. The van der Waals surface area contributed by atoms with Crippen molar-refractivity contribution in [1.29, 1.82) is 0 Å². The van der Waals surface area contributed by atoms with Crippen molar-refractivity contribution < 1.29 is 14.3 Å². The molecular formula is C17H27NO3. The number of nitrogens with zero attached hydrogens (tertiary/aromatic N) is 1. The second-order valence-corrected chi connectivity index (χ2v) is 7.25. The van der Waals surface area contributed by atoms with E-state index in [0.29, 0.717) is 6.42 Å². The molecule has 0 aromatic carbocycles. The van der Waals surface area contributed by atoms with E-state index in [1.165, 1.54) is 0 Å². The third-order valence-corrected chi connectivity index (χ3v) is 4.38. The Labute approximate surface area is 127 Å². The Balaban J connectivity index is 2.07. The fourth-order valence-corrected chi connectivity index (χ4v) is 3.57. The van der Waals surface area contributed by atoms with Gasteiger partial charge < -0.3 is 9.64 Å². The van der Waals surface area contributed by atoms with Crippen LogP contribution in [-0.4, -0.2) is 34.5 Å². The van der Waals surface area contributed by atoms with E-state index in [9.17, 15) is 9.59 Å². The van der Waals surface area contributed by atoms with E-state index >= 15 is 0 Å². The molecule has 2 atom stereocenters. The van der Waals surface area contributed by atoms with Crippen LogP contribution in [0, 0.1) is 5.92 Å². The Bertz CT molecular complexity index is 410. The first-order valence-electron chi connectivity index (χ1n) is 7.96. The van der Waals surface area contributed by atoms with Crippen LogP contribution in [0.5, 0.6) is 0 Å². The molecule has 0 N–H and O–H groups in total. The first-order valence-corrected chi connectivity index (χ1v) is 7.96. The van der Waals surface area contributed by atoms with Crippen LogP contribution in [0.25, 0.3) is 0 Å². The zero-order valence-electron chi connectivity index (χ0n) is 13.4. The lowest BCUT2D eigenvalue weighted by Crippen LogP contribution is -2.56. The summed E-state index contributed by atoms with van der Waals surface area (Å²) in [5.74, 6) is 0.350. The van der Waals surface area contributed by atoms with Crippen LogP contribution in [0.2, 0.25) is 0 Å². The molecule has 2 aliphatic heterocycles. The van der Waals surface area contributed by atoms with Crippen molar-refractivity contribution in [3.8, 4) is 0 Å². The van der Waals surface area contributed by atoms with Crippen LogP contribution in [0.4, 0.5) is 4.79 Å². The van der Waals surface area contributed by atoms with Crippen molar-refractivity contribution in [2.24, 2.45) is 5.92 Å². The second kappa shape index (κ2) is 6.20. The zero-order chi connectivity index (χ0) is 15.6. The molecule has 0 saturated carbocycles. The molecule has 2 aliphatic rings. The van der Waals surface area contributed by atoms with Gasteiger partial charge in [-0.2, -0.15) is 0 Å². The van der Waals surface area contributed by atoms with Crippen LogP contribution < -0.4 is 0 Å². The molecule has 0 radical (unpaired) electrons. The normalized spacial score (nSPS) is 28.9. The van der Waals surface area contributed by atoms with Gasteiger partial charge >= 0.3 is 6.09 Å². The zero-order valence-corrected chi connectivity index (χ0v) is 13.4. The number of carbonyl (C=O) groups excluding carboxylic acids is 2. The highest BCUT2D eigenvalue weighted by Gasteiger charge is 2.43. The van der Waals surface area contributed by atoms with E-state index in [1.54, 1.807) is 6.08 Å². The van der Waals surface area contributed by atoms with Gasteiger partial charge in [-0.25, -0.2) is 4.79 Å². The molecule has 4 nitrogen and oxygen atoms in total. The monoisotopic (exact) mass is 293 g/mol. The molecule has 2 heterocycles. The Hall–Kier alpha value is -1.32. The molecule has 0 aliphatic carbocycles. The summed E-state index contributed by atoms with van der Waals surface area (Å²) in [5, 5.41) is 0. The maximum atomic E-state index is 12.4. The smallest absolute Gasteiger partial charge is 0.410 e. The second-order valence-electron chi connectivity index (χ2n) is 7.25. The molecule has 2 saturated heterocycles. The quantitative estimate of drug-likeness (QED) is 0.745. The van der Waals surface area contributed by atoms with Crippen molar-refractivity contribution in [3.63, 3.8) is 0 Å². The van der Waals surface area contributed by atoms with Gasteiger partial charge in [-0.15, -0.1) is 6.58 Å². The molecule has 2 fully saturated rings. The van der Waals surface area contributed by atoms with Crippen molar-refractivity contribution in [2.45, 2.75) is 77.0 Å². The minimum absolute atomic E-state index is 0.0805. The number of fused-ring (bicyclic) bond motifs is 2. The summed E-state index contributed by atoms with van der Waals surface area (Å²) in [6.07, 6.45) is 6.56. The molecule has 4 heteroatoms. The first-order chi connectivity index (χ1) is 9.81. The van der Waals surface area contributed by atoms with Crippen LogP contribution in [0.1, 0.15) is 59.3 Å². The number of hydrogen-bond donors (Lipinski definition) is 0. The van der Waals surface area contributed by atoms with Gasteiger partial charge in [0.25, 0.3) is 0 Å². The maximum Gasteiger partial charge on any atom is 0.410 e. The molecule has 1 amide bonds. The largest absolute Gasteiger partial charge is 0.444 e. The molecule has 0 aromatic heterocycles. The fraction of sp³-hybridized carbons (Fsp3) is 0.765. The standard InChI is InChI=1S/C17H27NO3/c1-5-7-15(19)12-10-13-8-6-9-14(11-12)18(13)16(20)21-17(2,3)4/h5,12-14H,1,6-11H2,2-4H3. The summed E-state index contributed by atoms with van der Waals surface area (Å²) < 4.78 is 5.54. The number of hydrogen-bond acceptors (Lipinski definition) is 3. The Morgan fingerprint density at radius 3 is 2.29 bits per heavy atom. The lowest BCUT2D eigenvalue weighted by molar-refractivity contribution is -0.126. The molecule has 0 spiro atoms. The molecule has 0 aromatic rings. The minimum atomic E-state index is -0.471. The molecule has 21 heavy (non-hydrogen) atoms. The van der Waals surface area contributed by atoms with E-state index in [4.69, 9.17) is 4.74 Å². The number of rotatable bonds is 3. The van der Waals surface area contributed by atoms with Crippen molar-refractivity contribution in [1.82, 2.24) is 4.90 Å². The highest BCUT2D eigenvalue weighted by Crippen LogP contribution is 2.38.